The topological polar surface area (TPSA) is 107 Å². The predicted molar refractivity (Wildman–Crippen MR) is 98.5 cm³/mol. The number of aryl methyl sites for hydroxylation is 2. The Morgan fingerprint density at radius 2 is 1.93 bits per heavy atom. The molecule has 0 atom stereocenters. The zero-order chi connectivity index (χ0) is 22.1. The van der Waals surface area contributed by atoms with Crippen molar-refractivity contribution in [2.24, 2.45) is 0 Å². The minimum absolute atomic E-state index is 0.00352. The van der Waals surface area contributed by atoms with Crippen LogP contribution in [0.4, 0.5) is 18.9 Å². The third-order valence-electron chi connectivity index (χ3n) is 4.24. The van der Waals surface area contributed by atoms with Crippen LogP contribution in [-0.4, -0.2) is 48.0 Å². The van der Waals surface area contributed by atoms with E-state index in [4.69, 9.17) is 0 Å². The Bertz CT molecular complexity index is 1110. The van der Waals surface area contributed by atoms with Crippen molar-refractivity contribution in [3.63, 3.8) is 0 Å². The molecular formula is C18H17F3N6O3. The number of fused-ring (bicyclic) bond motifs is 1. The van der Waals surface area contributed by atoms with E-state index in [2.05, 4.69) is 15.1 Å². The number of hydrogen-bond donors (Lipinski definition) is 0. The van der Waals surface area contributed by atoms with E-state index in [1.165, 1.54) is 28.8 Å². The first kappa shape index (κ1) is 21.1. The van der Waals surface area contributed by atoms with Gasteiger partial charge in [0.1, 0.15) is 6.54 Å². The fourth-order valence-corrected chi connectivity index (χ4v) is 3.01. The summed E-state index contributed by atoms with van der Waals surface area (Å²) in [7, 11) is 0. The number of nitrogens with zero attached hydrogens (tertiary/aromatic N) is 6. The van der Waals surface area contributed by atoms with Crippen LogP contribution in [0.3, 0.4) is 0 Å². The highest BCUT2D eigenvalue weighted by Gasteiger charge is 2.34. The number of nitro benzene ring substituents is 1. The van der Waals surface area contributed by atoms with Crippen molar-refractivity contribution in [3.05, 3.63) is 63.2 Å². The standard InChI is InChI=1S/C18H17F3N6O3/c1-11-7-12(2)26-17(22-11)23-15(24-26)8-16(28)25(10-18(19,20)21)9-13-5-3-4-6-14(13)27(29)30/h3-7H,8-10H2,1-2H3. The summed E-state index contributed by atoms with van der Waals surface area (Å²) in [4.78, 5) is 31.9. The minimum Gasteiger partial charge on any atom is -0.329 e. The average Bonchev–Trinajstić information content (AvgIpc) is 3.03. The third-order valence-corrected chi connectivity index (χ3v) is 4.24. The highest BCUT2D eigenvalue weighted by Crippen LogP contribution is 2.23. The van der Waals surface area contributed by atoms with Crippen molar-refractivity contribution in [3.8, 4) is 0 Å². The number of alkyl halides is 3. The van der Waals surface area contributed by atoms with Gasteiger partial charge in [0.25, 0.3) is 11.5 Å². The van der Waals surface area contributed by atoms with E-state index >= 15 is 0 Å². The Labute approximate surface area is 168 Å². The van der Waals surface area contributed by atoms with Gasteiger partial charge in [-0.05, 0) is 19.9 Å². The van der Waals surface area contributed by atoms with Crippen molar-refractivity contribution in [1.29, 1.82) is 0 Å². The van der Waals surface area contributed by atoms with Crippen LogP contribution >= 0.6 is 0 Å². The van der Waals surface area contributed by atoms with Gasteiger partial charge < -0.3 is 4.90 Å². The summed E-state index contributed by atoms with van der Waals surface area (Å²) in [5.41, 5.74) is 1.02. The van der Waals surface area contributed by atoms with Crippen LogP contribution in [0.1, 0.15) is 22.8 Å². The summed E-state index contributed by atoms with van der Waals surface area (Å²) in [6.45, 7) is 1.39. The lowest BCUT2D eigenvalue weighted by atomic mass is 10.1. The minimum atomic E-state index is -4.68. The molecule has 158 valence electrons. The fraction of sp³-hybridized carbons (Fsp3) is 0.333. The molecular weight excluding hydrogens is 405 g/mol. The molecule has 1 aromatic carbocycles. The highest BCUT2D eigenvalue weighted by atomic mass is 19.4. The number of aromatic nitrogens is 4. The van der Waals surface area contributed by atoms with E-state index in [0.717, 1.165) is 0 Å². The molecule has 3 rings (SSSR count). The van der Waals surface area contributed by atoms with Gasteiger partial charge in [0, 0.05) is 23.0 Å². The zero-order valence-electron chi connectivity index (χ0n) is 16.0. The van der Waals surface area contributed by atoms with Crippen LogP contribution in [0.15, 0.2) is 30.3 Å². The average molecular weight is 422 g/mol. The molecule has 0 N–H and O–H groups in total. The number of carbonyl (C=O) groups excluding carboxylic acids is 1. The molecule has 30 heavy (non-hydrogen) atoms. The molecule has 0 saturated carbocycles. The first-order valence-corrected chi connectivity index (χ1v) is 8.80. The van der Waals surface area contributed by atoms with Crippen LogP contribution in [0, 0.1) is 24.0 Å². The SMILES string of the molecule is Cc1cc(C)n2nc(CC(=O)N(Cc3ccccc3[N+](=O)[O-])CC(F)(F)F)nc2n1. The lowest BCUT2D eigenvalue weighted by Crippen LogP contribution is -2.39. The van der Waals surface area contributed by atoms with Crippen molar-refractivity contribution >= 4 is 17.4 Å². The summed E-state index contributed by atoms with van der Waals surface area (Å²) < 4.78 is 40.6. The number of carbonyl (C=O) groups is 1. The third kappa shape index (κ3) is 4.88. The number of hydrogen-bond acceptors (Lipinski definition) is 6. The molecule has 2 aromatic heterocycles. The van der Waals surface area contributed by atoms with Gasteiger partial charge in [0.2, 0.25) is 5.91 Å². The Morgan fingerprint density at radius 1 is 1.23 bits per heavy atom. The number of rotatable bonds is 6. The predicted octanol–water partition coefficient (Wildman–Crippen LogP) is 2.78. The van der Waals surface area contributed by atoms with Gasteiger partial charge in [-0.25, -0.2) is 9.50 Å². The molecule has 0 unspecified atom stereocenters. The smallest absolute Gasteiger partial charge is 0.329 e. The molecule has 0 spiro atoms. The van der Waals surface area contributed by atoms with Gasteiger partial charge in [-0.3, -0.25) is 14.9 Å². The van der Waals surface area contributed by atoms with Crippen LogP contribution in [-0.2, 0) is 17.8 Å². The number of nitro groups is 1. The molecule has 0 bridgehead atoms. The van der Waals surface area contributed by atoms with E-state index in [9.17, 15) is 28.1 Å². The molecule has 9 nitrogen and oxygen atoms in total. The zero-order valence-corrected chi connectivity index (χ0v) is 16.0. The van der Waals surface area contributed by atoms with Gasteiger partial charge in [0.15, 0.2) is 5.82 Å². The van der Waals surface area contributed by atoms with Crippen molar-refractivity contribution in [1.82, 2.24) is 24.5 Å². The van der Waals surface area contributed by atoms with E-state index in [0.29, 0.717) is 16.3 Å². The molecule has 0 aliphatic rings. The van der Waals surface area contributed by atoms with Crippen LogP contribution in [0.25, 0.3) is 5.78 Å². The summed E-state index contributed by atoms with van der Waals surface area (Å²) in [5, 5.41) is 15.3. The van der Waals surface area contributed by atoms with Crippen LogP contribution in [0.5, 0.6) is 0 Å². The van der Waals surface area contributed by atoms with Gasteiger partial charge in [0.05, 0.1) is 17.9 Å². The molecule has 12 heteroatoms. The van der Waals surface area contributed by atoms with Gasteiger partial charge in [-0.2, -0.15) is 18.2 Å². The maximum atomic E-state index is 13.1. The number of benzene rings is 1. The number of halogens is 3. The van der Waals surface area contributed by atoms with E-state index in [1.54, 1.807) is 19.9 Å². The molecule has 1 amide bonds. The Morgan fingerprint density at radius 3 is 2.60 bits per heavy atom. The second-order valence-electron chi connectivity index (χ2n) is 6.71. The highest BCUT2D eigenvalue weighted by molar-refractivity contribution is 5.78. The summed E-state index contributed by atoms with van der Waals surface area (Å²) in [6.07, 6.45) is -5.18. The van der Waals surface area contributed by atoms with E-state index in [1.807, 2.05) is 0 Å². The Balaban J connectivity index is 1.88. The van der Waals surface area contributed by atoms with Gasteiger partial charge in [-0.1, -0.05) is 18.2 Å². The molecule has 0 radical (unpaired) electrons. The number of para-hydroxylation sites is 1. The van der Waals surface area contributed by atoms with E-state index < -0.39 is 36.5 Å². The lowest BCUT2D eigenvalue weighted by molar-refractivity contribution is -0.385. The second kappa shape index (κ2) is 8.05. The molecule has 0 fully saturated rings. The lowest BCUT2D eigenvalue weighted by Gasteiger charge is -2.23. The van der Waals surface area contributed by atoms with Crippen LogP contribution in [0.2, 0.25) is 0 Å². The first-order valence-electron chi connectivity index (χ1n) is 8.80. The quantitative estimate of drug-likeness (QED) is 0.447. The van der Waals surface area contributed by atoms with Crippen molar-refractivity contribution < 1.29 is 22.9 Å². The normalized spacial score (nSPS) is 11.6. The Kier molecular flexibility index (Phi) is 5.67. The molecule has 0 saturated heterocycles. The maximum Gasteiger partial charge on any atom is 0.406 e. The monoisotopic (exact) mass is 422 g/mol. The van der Waals surface area contributed by atoms with Gasteiger partial charge in [-0.15, -0.1) is 5.10 Å². The first-order chi connectivity index (χ1) is 14.0. The van der Waals surface area contributed by atoms with Crippen molar-refractivity contribution in [2.75, 3.05) is 6.54 Å². The summed E-state index contributed by atoms with van der Waals surface area (Å²) in [5.74, 6) is -0.664. The summed E-state index contributed by atoms with van der Waals surface area (Å²) in [6, 6.07) is 7.09. The molecule has 3 aromatic rings. The van der Waals surface area contributed by atoms with E-state index in [-0.39, 0.29) is 22.9 Å². The van der Waals surface area contributed by atoms with Crippen LogP contribution < -0.4 is 0 Å². The summed E-state index contributed by atoms with van der Waals surface area (Å²) >= 11 is 0. The molecule has 0 aliphatic carbocycles. The molecule has 0 aliphatic heterocycles. The Hall–Kier alpha value is -3.57. The maximum absolute atomic E-state index is 13.1. The van der Waals surface area contributed by atoms with Crippen molar-refractivity contribution in [2.45, 2.75) is 33.0 Å². The number of amides is 1. The second-order valence-corrected chi connectivity index (χ2v) is 6.71. The molecule has 2 heterocycles. The van der Waals surface area contributed by atoms with Gasteiger partial charge >= 0.3 is 6.18 Å². The fourth-order valence-electron chi connectivity index (χ4n) is 3.01. The largest absolute Gasteiger partial charge is 0.406 e.